The molecule has 0 aliphatic heterocycles. The van der Waals surface area contributed by atoms with Crippen molar-refractivity contribution >= 4 is 75.8 Å². The molecule has 45 heavy (non-hydrogen) atoms. The largest absolute Gasteiger partial charge is 0.465 e. The summed E-state index contributed by atoms with van der Waals surface area (Å²) in [6.45, 7) is 6.87. The molecule has 0 bridgehead atoms. The van der Waals surface area contributed by atoms with Crippen molar-refractivity contribution in [2.24, 2.45) is 11.8 Å². The molecule has 2 aromatic heterocycles. The van der Waals surface area contributed by atoms with Crippen molar-refractivity contribution in [3.63, 3.8) is 0 Å². The molecule has 0 saturated heterocycles. The molecule has 15 heteroatoms. The fourth-order valence-corrected chi connectivity index (χ4v) is 5.32. The normalized spacial score (nSPS) is 13.3. The third-order valence-electron chi connectivity index (χ3n) is 7.11. The third-order valence-corrected chi connectivity index (χ3v) is 8.12. The highest BCUT2D eigenvalue weighted by molar-refractivity contribution is 6.54. The van der Waals surface area contributed by atoms with Crippen LogP contribution >= 0.6 is 46.4 Å². The monoisotopic (exact) mass is 699 g/mol. The maximum absolute atomic E-state index is 13.3. The molecule has 0 saturated carbocycles. The molecule has 0 fully saturated rings. The van der Waals surface area contributed by atoms with Gasteiger partial charge in [0, 0.05) is 48.9 Å². The number of Topliss-reactive ketones (excluding diaryl/α,β-unsaturated/α-hetero) is 1. The average Bonchev–Trinajstić information content (AvgIpc) is 3.45. The van der Waals surface area contributed by atoms with Crippen molar-refractivity contribution in [1.82, 2.24) is 20.8 Å². The smallest absolute Gasteiger partial charge is 0.404 e. The Morgan fingerprint density at radius 3 is 2.24 bits per heavy atom. The Morgan fingerprint density at radius 1 is 0.978 bits per heavy atom. The summed E-state index contributed by atoms with van der Waals surface area (Å²) in [5, 5.41) is 18.9. The van der Waals surface area contributed by atoms with Crippen LogP contribution < -0.4 is 15.5 Å². The van der Waals surface area contributed by atoms with Gasteiger partial charge in [-0.3, -0.25) is 19.4 Å². The number of carbonyl (C=O) groups excluding carboxylic acids is 3. The molecule has 0 spiro atoms. The number of pyridine rings is 1. The lowest BCUT2D eigenvalue weighted by Crippen LogP contribution is -2.47. The van der Waals surface area contributed by atoms with Crippen LogP contribution in [-0.4, -0.2) is 62.4 Å². The minimum Gasteiger partial charge on any atom is -0.465 e. The maximum atomic E-state index is 13.3. The molecule has 3 N–H and O–H groups in total. The highest BCUT2D eigenvalue weighted by atomic mass is 35.5. The average molecular weight is 701 g/mol. The highest BCUT2D eigenvalue weighted by Crippen LogP contribution is 2.36. The number of alkyl halides is 2. The molecule has 3 unspecified atom stereocenters. The van der Waals surface area contributed by atoms with E-state index in [2.05, 4.69) is 20.8 Å². The van der Waals surface area contributed by atoms with E-state index in [1.54, 1.807) is 64.1 Å². The van der Waals surface area contributed by atoms with Crippen LogP contribution in [0.15, 0.2) is 47.1 Å². The van der Waals surface area contributed by atoms with Gasteiger partial charge in [-0.25, -0.2) is 4.79 Å². The Morgan fingerprint density at radius 2 is 1.64 bits per heavy atom. The fourth-order valence-electron chi connectivity index (χ4n) is 4.50. The standard InChI is InChI=1S/C30H33Cl4N5O6/c1-15(2)27(37-25(41)12-16(3)17(4)36-30(43)44)23(40)9-11-39(29(42)28(33)34)18-8-10-35-21(13-18)24-14-22(38-45-24)26-19(31)6-5-7-20(26)32/h5-8,10,13-17,27-28,36H,9,11-12H2,1-4H3,(H,37,41)(H,43,44). The number of rotatable bonds is 14. The first-order valence-corrected chi connectivity index (χ1v) is 15.6. The number of anilines is 1. The van der Waals surface area contributed by atoms with Crippen molar-refractivity contribution in [3.8, 4) is 22.7 Å². The number of carbonyl (C=O) groups is 4. The first-order chi connectivity index (χ1) is 21.2. The summed E-state index contributed by atoms with van der Waals surface area (Å²) in [7, 11) is 0. The quantitative estimate of drug-likeness (QED) is 0.158. The summed E-state index contributed by atoms with van der Waals surface area (Å²) in [4.78, 5) is 54.2. The first-order valence-electron chi connectivity index (χ1n) is 14.0. The molecule has 242 valence electrons. The Bertz CT molecular complexity index is 1510. The van der Waals surface area contributed by atoms with Gasteiger partial charge in [-0.15, -0.1) is 0 Å². The molecule has 0 aliphatic carbocycles. The topological polar surface area (TPSA) is 155 Å². The SMILES string of the molecule is CC(C)C(NC(=O)CC(C)C(C)NC(=O)O)C(=O)CCN(C(=O)C(Cl)Cl)c1ccnc(-c2cc(-c3c(Cl)cccc3Cl)no2)c1. The van der Waals surface area contributed by atoms with Crippen LogP contribution in [0.1, 0.15) is 40.5 Å². The van der Waals surface area contributed by atoms with Crippen molar-refractivity contribution in [1.29, 1.82) is 0 Å². The molecule has 3 rings (SSSR count). The highest BCUT2D eigenvalue weighted by Gasteiger charge is 2.29. The zero-order valence-corrected chi connectivity index (χ0v) is 27.9. The van der Waals surface area contributed by atoms with E-state index in [1.807, 2.05) is 0 Å². The number of nitrogens with one attached hydrogen (secondary N) is 2. The number of nitrogens with zero attached hydrogens (tertiary/aromatic N) is 3. The molecule has 2 heterocycles. The van der Waals surface area contributed by atoms with E-state index in [4.69, 9.17) is 56.0 Å². The van der Waals surface area contributed by atoms with Gasteiger partial charge < -0.3 is 25.2 Å². The second-order valence-electron chi connectivity index (χ2n) is 10.8. The van der Waals surface area contributed by atoms with E-state index in [0.717, 1.165) is 0 Å². The van der Waals surface area contributed by atoms with E-state index in [-0.39, 0.29) is 42.8 Å². The maximum Gasteiger partial charge on any atom is 0.404 e. The second-order valence-corrected chi connectivity index (χ2v) is 12.7. The first kappa shape index (κ1) is 36.1. The van der Waals surface area contributed by atoms with Crippen LogP contribution in [0.25, 0.3) is 22.7 Å². The molecule has 3 aromatic rings. The Labute approximate surface area is 280 Å². The van der Waals surface area contributed by atoms with Gasteiger partial charge in [0.15, 0.2) is 16.4 Å². The van der Waals surface area contributed by atoms with Crippen LogP contribution in [0.5, 0.6) is 0 Å². The lowest BCUT2D eigenvalue weighted by Gasteiger charge is -2.26. The molecule has 0 radical (unpaired) electrons. The number of benzene rings is 1. The summed E-state index contributed by atoms with van der Waals surface area (Å²) in [5.74, 6) is -1.68. The van der Waals surface area contributed by atoms with E-state index in [0.29, 0.717) is 32.7 Å². The molecule has 3 amide bonds. The van der Waals surface area contributed by atoms with E-state index >= 15 is 0 Å². The molecule has 11 nitrogen and oxygen atoms in total. The van der Waals surface area contributed by atoms with Gasteiger partial charge in [0.25, 0.3) is 5.91 Å². The number of hydrogen-bond acceptors (Lipinski definition) is 7. The van der Waals surface area contributed by atoms with Crippen molar-refractivity contribution in [3.05, 3.63) is 52.6 Å². The summed E-state index contributed by atoms with van der Waals surface area (Å²) >= 11 is 24.5. The summed E-state index contributed by atoms with van der Waals surface area (Å²) < 4.78 is 5.50. The van der Waals surface area contributed by atoms with Crippen LogP contribution in [0.3, 0.4) is 0 Å². The number of aromatic nitrogens is 2. The van der Waals surface area contributed by atoms with Crippen molar-refractivity contribution in [2.45, 2.75) is 57.5 Å². The van der Waals surface area contributed by atoms with E-state index in [1.165, 1.54) is 11.1 Å². The summed E-state index contributed by atoms with van der Waals surface area (Å²) in [6.07, 6.45) is 0.146. The summed E-state index contributed by atoms with van der Waals surface area (Å²) in [5.41, 5.74) is 1.54. The molecule has 3 atom stereocenters. The minimum atomic E-state index is -1.42. The van der Waals surface area contributed by atoms with Gasteiger partial charge in [0.05, 0.1) is 16.1 Å². The predicted molar refractivity (Wildman–Crippen MR) is 174 cm³/mol. The predicted octanol–water partition coefficient (Wildman–Crippen LogP) is 6.63. The fraction of sp³-hybridized carbons (Fsp3) is 0.400. The van der Waals surface area contributed by atoms with Crippen LogP contribution in [0, 0.1) is 11.8 Å². The van der Waals surface area contributed by atoms with Crippen LogP contribution in [0.2, 0.25) is 10.0 Å². The lowest BCUT2D eigenvalue weighted by atomic mass is 9.95. The van der Waals surface area contributed by atoms with Gasteiger partial charge in [0.1, 0.15) is 11.4 Å². The van der Waals surface area contributed by atoms with E-state index in [9.17, 15) is 19.2 Å². The van der Waals surface area contributed by atoms with Gasteiger partial charge in [0.2, 0.25) is 5.91 Å². The summed E-state index contributed by atoms with van der Waals surface area (Å²) in [6, 6.07) is 8.46. The zero-order valence-electron chi connectivity index (χ0n) is 24.9. The van der Waals surface area contributed by atoms with Crippen molar-refractivity contribution in [2.75, 3.05) is 11.4 Å². The molecular formula is C30H33Cl4N5O6. The lowest BCUT2D eigenvalue weighted by molar-refractivity contribution is -0.129. The van der Waals surface area contributed by atoms with Gasteiger partial charge in [-0.05, 0) is 43.0 Å². The van der Waals surface area contributed by atoms with Gasteiger partial charge in [-0.1, -0.05) is 78.4 Å². The van der Waals surface area contributed by atoms with Crippen molar-refractivity contribution < 1.29 is 28.8 Å². The minimum absolute atomic E-state index is 0.00849. The Hall–Kier alpha value is -3.38. The molecule has 1 aromatic carbocycles. The third kappa shape index (κ3) is 9.80. The number of amides is 3. The number of hydrogen-bond donors (Lipinski definition) is 3. The molecular weight excluding hydrogens is 668 g/mol. The number of carboxylic acid groups (broad SMARTS) is 1. The second kappa shape index (κ2) is 16.3. The number of ketones is 1. The van der Waals surface area contributed by atoms with Gasteiger partial charge >= 0.3 is 6.09 Å². The number of halogens is 4. The van der Waals surface area contributed by atoms with Crippen LogP contribution in [-0.2, 0) is 14.4 Å². The Kier molecular flexibility index (Phi) is 13.0. The molecule has 0 aliphatic rings. The van der Waals surface area contributed by atoms with E-state index < -0.39 is 34.8 Å². The van der Waals surface area contributed by atoms with Gasteiger partial charge in [-0.2, -0.15) is 0 Å². The zero-order chi connectivity index (χ0) is 33.4. The van der Waals surface area contributed by atoms with Crippen LogP contribution in [0.4, 0.5) is 10.5 Å². The Balaban J connectivity index is 1.77.